The Balaban J connectivity index is 2.15. The molecular weight excluding hydrogens is 180 g/mol. The molecule has 0 spiro atoms. The lowest BCUT2D eigenvalue weighted by atomic mass is 10.00. The summed E-state index contributed by atoms with van der Waals surface area (Å²) in [6.45, 7) is 5.55. The van der Waals surface area contributed by atoms with Gasteiger partial charge >= 0.3 is 0 Å². The Hall–Kier alpha value is -0.200. The Labute approximate surface area is 85.3 Å². The van der Waals surface area contributed by atoms with Crippen molar-refractivity contribution in [2.75, 3.05) is 31.1 Å². The highest BCUT2D eigenvalue weighted by Crippen LogP contribution is 2.15. The first-order chi connectivity index (χ1) is 6.36. The molecule has 0 aliphatic carbocycles. The normalized spacial score (nSPS) is 24.2. The van der Waals surface area contributed by atoms with Gasteiger partial charge in [-0.1, -0.05) is 6.92 Å². The van der Waals surface area contributed by atoms with Gasteiger partial charge < -0.3 is 4.90 Å². The summed E-state index contributed by atoms with van der Waals surface area (Å²) in [6.07, 6.45) is 2.31. The molecule has 1 aliphatic heterocycles. The second-order valence-corrected chi connectivity index (χ2v) is 4.86. The summed E-state index contributed by atoms with van der Waals surface area (Å²) in [5.41, 5.74) is 0. The van der Waals surface area contributed by atoms with Crippen molar-refractivity contribution in [2.24, 2.45) is 5.92 Å². The Bertz CT molecular complexity index is 176. The maximum absolute atomic E-state index is 8.80. The van der Waals surface area contributed by atoms with Crippen LogP contribution in [-0.2, 0) is 0 Å². The van der Waals surface area contributed by atoms with Crippen LogP contribution in [-0.4, -0.2) is 36.0 Å². The standard InChI is InChI=1S/C10H18N2S/c1-2-13-7-6-12-5-3-4-10(8-11)9-12/h10H,2-7,9H2,1H3. The average Bonchev–Trinajstić information content (AvgIpc) is 2.19. The second-order valence-electron chi connectivity index (χ2n) is 3.47. The van der Waals surface area contributed by atoms with Crippen molar-refractivity contribution in [3.8, 4) is 6.07 Å². The summed E-state index contributed by atoms with van der Waals surface area (Å²) >= 11 is 1.99. The molecule has 0 aromatic rings. The van der Waals surface area contributed by atoms with Gasteiger partial charge in [-0.15, -0.1) is 0 Å². The molecule has 2 nitrogen and oxygen atoms in total. The molecule has 1 atom stereocenters. The summed E-state index contributed by atoms with van der Waals surface area (Å²) in [5, 5.41) is 8.80. The highest BCUT2D eigenvalue weighted by atomic mass is 32.2. The zero-order chi connectivity index (χ0) is 9.52. The minimum absolute atomic E-state index is 0.292. The summed E-state index contributed by atoms with van der Waals surface area (Å²) in [5.74, 6) is 2.71. The molecule has 1 aliphatic rings. The Morgan fingerprint density at radius 2 is 2.46 bits per heavy atom. The lowest BCUT2D eigenvalue weighted by Gasteiger charge is -2.29. The monoisotopic (exact) mass is 198 g/mol. The summed E-state index contributed by atoms with van der Waals surface area (Å²) in [7, 11) is 0. The van der Waals surface area contributed by atoms with Crippen molar-refractivity contribution in [3.63, 3.8) is 0 Å². The highest BCUT2D eigenvalue weighted by Gasteiger charge is 2.18. The number of nitrogens with zero attached hydrogens (tertiary/aromatic N) is 2. The van der Waals surface area contributed by atoms with E-state index in [1.165, 1.54) is 24.5 Å². The van der Waals surface area contributed by atoms with Gasteiger partial charge in [0.15, 0.2) is 0 Å². The molecule has 74 valence electrons. The van der Waals surface area contributed by atoms with Gasteiger partial charge in [-0.3, -0.25) is 0 Å². The van der Waals surface area contributed by atoms with E-state index < -0.39 is 0 Å². The number of likely N-dealkylation sites (tertiary alicyclic amines) is 1. The molecule has 3 heteroatoms. The van der Waals surface area contributed by atoms with E-state index in [1.54, 1.807) is 0 Å². The first-order valence-electron chi connectivity index (χ1n) is 5.06. The molecule has 0 radical (unpaired) electrons. The molecule has 1 heterocycles. The number of nitriles is 1. The van der Waals surface area contributed by atoms with Crippen LogP contribution in [0.4, 0.5) is 0 Å². The Kier molecular flexibility index (Phi) is 5.26. The van der Waals surface area contributed by atoms with Crippen molar-refractivity contribution in [1.82, 2.24) is 4.90 Å². The molecule has 1 unspecified atom stereocenters. The SMILES string of the molecule is CCSCCN1CCCC(C#N)C1. The number of hydrogen-bond acceptors (Lipinski definition) is 3. The number of hydrogen-bond donors (Lipinski definition) is 0. The van der Waals surface area contributed by atoms with Gasteiger partial charge in [-0.2, -0.15) is 17.0 Å². The minimum atomic E-state index is 0.292. The van der Waals surface area contributed by atoms with Crippen molar-refractivity contribution < 1.29 is 0 Å². The van der Waals surface area contributed by atoms with Crippen LogP contribution >= 0.6 is 11.8 Å². The Morgan fingerprint density at radius 3 is 3.15 bits per heavy atom. The third-order valence-corrected chi connectivity index (χ3v) is 3.32. The van der Waals surface area contributed by atoms with Gasteiger partial charge in [0.05, 0.1) is 12.0 Å². The van der Waals surface area contributed by atoms with E-state index in [2.05, 4.69) is 17.9 Å². The third kappa shape index (κ3) is 4.02. The van der Waals surface area contributed by atoms with Gasteiger partial charge in [-0.05, 0) is 25.1 Å². The topological polar surface area (TPSA) is 27.0 Å². The molecule has 0 saturated carbocycles. The van der Waals surface area contributed by atoms with Crippen LogP contribution in [0.5, 0.6) is 0 Å². The largest absolute Gasteiger partial charge is 0.301 e. The van der Waals surface area contributed by atoms with Crippen LogP contribution in [0, 0.1) is 17.2 Å². The first-order valence-corrected chi connectivity index (χ1v) is 6.22. The van der Waals surface area contributed by atoms with Crippen LogP contribution < -0.4 is 0 Å². The highest BCUT2D eigenvalue weighted by molar-refractivity contribution is 7.99. The van der Waals surface area contributed by atoms with Crippen LogP contribution in [0.2, 0.25) is 0 Å². The maximum atomic E-state index is 8.80. The lowest BCUT2D eigenvalue weighted by Crippen LogP contribution is -2.36. The van der Waals surface area contributed by atoms with E-state index in [1.807, 2.05) is 11.8 Å². The van der Waals surface area contributed by atoms with Crippen LogP contribution in [0.25, 0.3) is 0 Å². The number of piperidine rings is 1. The third-order valence-electron chi connectivity index (χ3n) is 2.44. The average molecular weight is 198 g/mol. The second kappa shape index (κ2) is 6.28. The predicted molar refractivity (Wildman–Crippen MR) is 57.8 cm³/mol. The zero-order valence-electron chi connectivity index (χ0n) is 8.33. The maximum Gasteiger partial charge on any atom is 0.0669 e. The van der Waals surface area contributed by atoms with Crippen molar-refractivity contribution >= 4 is 11.8 Å². The number of rotatable bonds is 4. The summed E-state index contributed by atoms with van der Waals surface area (Å²) in [6, 6.07) is 2.38. The predicted octanol–water partition coefficient (Wildman–Crippen LogP) is 1.98. The van der Waals surface area contributed by atoms with E-state index >= 15 is 0 Å². The van der Waals surface area contributed by atoms with Crippen LogP contribution in [0.15, 0.2) is 0 Å². The van der Waals surface area contributed by atoms with Gasteiger partial charge in [-0.25, -0.2) is 0 Å². The van der Waals surface area contributed by atoms with E-state index in [-0.39, 0.29) is 0 Å². The van der Waals surface area contributed by atoms with Gasteiger partial charge in [0.25, 0.3) is 0 Å². The van der Waals surface area contributed by atoms with E-state index in [9.17, 15) is 0 Å². The number of thioether (sulfide) groups is 1. The van der Waals surface area contributed by atoms with Crippen LogP contribution in [0.3, 0.4) is 0 Å². The van der Waals surface area contributed by atoms with E-state index in [0.717, 1.165) is 19.5 Å². The molecule has 1 rings (SSSR count). The Morgan fingerprint density at radius 1 is 1.62 bits per heavy atom. The van der Waals surface area contributed by atoms with Gasteiger partial charge in [0.2, 0.25) is 0 Å². The smallest absolute Gasteiger partial charge is 0.0669 e. The molecule has 0 N–H and O–H groups in total. The van der Waals surface area contributed by atoms with Crippen molar-refractivity contribution in [2.45, 2.75) is 19.8 Å². The first kappa shape index (κ1) is 10.9. The van der Waals surface area contributed by atoms with Crippen molar-refractivity contribution in [1.29, 1.82) is 5.26 Å². The van der Waals surface area contributed by atoms with Gasteiger partial charge in [0.1, 0.15) is 0 Å². The fraction of sp³-hybridized carbons (Fsp3) is 0.900. The molecule has 0 aromatic heterocycles. The summed E-state index contributed by atoms with van der Waals surface area (Å²) < 4.78 is 0. The molecule has 0 bridgehead atoms. The molecule has 1 saturated heterocycles. The van der Waals surface area contributed by atoms with E-state index in [4.69, 9.17) is 5.26 Å². The van der Waals surface area contributed by atoms with Crippen molar-refractivity contribution in [3.05, 3.63) is 0 Å². The fourth-order valence-corrected chi connectivity index (χ4v) is 2.38. The van der Waals surface area contributed by atoms with E-state index in [0.29, 0.717) is 5.92 Å². The molecule has 0 amide bonds. The minimum Gasteiger partial charge on any atom is -0.301 e. The van der Waals surface area contributed by atoms with Gasteiger partial charge in [0, 0.05) is 18.8 Å². The van der Waals surface area contributed by atoms with Crippen LogP contribution in [0.1, 0.15) is 19.8 Å². The molecular formula is C10H18N2S. The molecule has 1 fully saturated rings. The fourth-order valence-electron chi connectivity index (χ4n) is 1.70. The quantitative estimate of drug-likeness (QED) is 0.646. The molecule has 13 heavy (non-hydrogen) atoms. The summed E-state index contributed by atoms with van der Waals surface area (Å²) in [4.78, 5) is 2.43. The lowest BCUT2D eigenvalue weighted by molar-refractivity contribution is 0.211. The molecule has 0 aromatic carbocycles. The zero-order valence-corrected chi connectivity index (χ0v) is 9.15.